The van der Waals surface area contributed by atoms with Crippen LogP contribution in [0.5, 0.6) is 0 Å². The summed E-state index contributed by atoms with van der Waals surface area (Å²) in [4.78, 5) is 17.6. The van der Waals surface area contributed by atoms with E-state index >= 15 is 4.39 Å². The number of carbonyl (C=O) groups excluding carboxylic acids is 1. The van der Waals surface area contributed by atoms with E-state index in [-0.39, 0.29) is 17.2 Å². The van der Waals surface area contributed by atoms with Crippen LogP contribution in [0.25, 0.3) is 0 Å². The third kappa shape index (κ3) is 4.82. The van der Waals surface area contributed by atoms with Gasteiger partial charge in [0.2, 0.25) is 5.91 Å². The molecule has 45 heavy (non-hydrogen) atoms. The second kappa shape index (κ2) is 11.8. The predicted molar refractivity (Wildman–Crippen MR) is 175 cm³/mol. The molecule has 5 aromatic rings. The van der Waals surface area contributed by atoms with Gasteiger partial charge in [0.05, 0.1) is 17.6 Å². The Morgan fingerprint density at radius 1 is 0.844 bits per heavy atom. The van der Waals surface area contributed by atoms with Crippen LogP contribution in [-0.4, -0.2) is 26.2 Å². The number of alkyl halides is 1. The molecule has 0 radical (unpaired) electrons. The average molecular weight is 598 g/mol. The molecule has 0 saturated carbocycles. The van der Waals surface area contributed by atoms with Crippen molar-refractivity contribution in [3.63, 3.8) is 0 Å². The van der Waals surface area contributed by atoms with Crippen molar-refractivity contribution >= 4 is 5.91 Å². The van der Waals surface area contributed by atoms with Crippen molar-refractivity contribution in [1.29, 1.82) is 0 Å². The fraction of sp³-hybridized carbons (Fsp3) is 0.179. The summed E-state index contributed by atoms with van der Waals surface area (Å²) >= 11 is 0. The van der Waals surface area contributed by atoms with E-state index in [1.807, 2.05) is 126 Å². The Morgan fingerprint density at radius 3 is 1.76 bits per heavy atom. The minimum Gasteiger partial charge on any atom is -0.379 e. The zero-order chi connectivity index (χ0) is 31.7. The minimum absolute atomic E-state index is 0.0853. The molecule has 1 aromatic heterocycles. The van der Waals surface area contributed by atoms with E-state index in [0.29, 0.717) is 0 Å². The zero-order valence-corrected chi connectivity index (χ0v) is 25.3. The third-order valence-corrected chi connectivity index (χ3v) is 9.05. The maximum atomic E-state index is 17.7. The van der Waals surface area contributed by atoms with Crippen LogP contribution in [0.2, 0.25) is 0 Å². The molecule has 6 heteroatoms. The lowest BCUT2D eigenvalue weighted by atomic mass is 9.67. The molecule has 1 aliphatic carbocycles. The normalized spacial score (nSPS) is 19.6. The van der Waals surface area contributed by atoms with Crippen molar-refractivity contribution in [3.05, 3.63) is 186 Å². The molecule has 226 valence electrons. The van der Waals surface area contributed by atoms with Crippen molar-refractivity contribution in [2.24, 2.45) is 11.7 Å². The number of allylic oxidation sites excluding steroid dienone is 2. The van der Waals surface area contributed by atoms with E-state index in [1.54, 1.807) is 32.4 Å². The Kier molecular flexibility index (Phi) is 7.85. The van der Waals surface area contributed by atoms with E-state index in [2.05, 4.69) is 0 Å². The summed E-state index contributed by atoms with van der Waals surface area (Å²) in [7, 11) is 0. The molecule has 3 atom stereocenters. The van der Waals surface area contributed by atoms with E-state index in [4.69, 9.17) is 10.7 Å². The average Bonchev–Trinajstić information content (AvgIpc) is 3.57. The molecule has 0 spiro atoms. The van der Waals surface area contributed by atoms with Crippen LogP contribution in [-0.2, 0) is 15.9 Å². The van der Waals surface area contributed by atoms with Crippen molar-refractivity contribution < 1.29 is 14.3 Å². The molecule has 4 aromatic carbocycles. The van der Waals surface area contributed by atoms with Crippen molar-refractivity contribution in [1.82, 2.24) is 9.55 Å². The molecular formula is C39H36FN3O2. The fourth-order valence-electron chi connectivity index (χ4n) is 6.75. The first-order chi connectivity index (χ1) is 21.7. The molecule has 5 nitrogen and oxygen atoms in total. The summed E-state index contributed by atoms with van der Waals surface area (Å²) in [6, 6.07) is 39.5. The number of nitrogens with two attached hydrogens (primary N) is 1. The summed E-state index contributed by atoms with van der Waals surface area (Å²) in [6.07, 6.45) is 7.80. The van der Waals surface area contributed by atoms with Gasteiger partial charge in [-0.1, -0.05) is 147 Å². The number of nitrogens with zero attached hydrogens (tertiary/aromatic N) is 2. The Bertz CT molecular complexity index is 1740. The minimum atomic E-state index is -2.65. The number of carbonyl (C=O) groups is 1. The molecule has 3 N–H and O–H groups in total. The fourth-order valence-corrected chi connectivity index (χ4v) is 6.75. The van der Waals surface area contributed by atoms with Gasteiger partial charge in [-0.15, -0.1) is 0 Å². The highest BCUT2D eigenvalue weighted by atomic mass is 19.1. The van der Waals surface area contributed by atoms with Crippen molar-refractivity contribution in [2.45, 2.75) is 36.6 Å². The van der Waals surface area contributed by atoms with E-state index in [1.165, 1.54) is 12.2 Å². The second-order valence-corrected chi connectivity index (χ2v) is 11.8. The number of rotatable bonds is 9. The van der Waals surface area contributed by atoms with E-state index < -0.39 is 28.6 Å². The molecule has 0 aliphatic heterocycles. The molecule has 3 unspecified atom stereocenters. The molecule has 6 rings (SSSR count). The third-order valence-electron chi connectivity index (χ3n) is 9.05. The zero-order valence-electron chi connectivity index (χ0n) is 25.3. The first kappa shape index (κ1) is 30.0. The smallest absolute Gasteiger partial charge is 0.248 e. The van der Waals surface area contributed by atoms with Crippen LogP contribution in [0.3, 0.4) is 0 Å². The predicted octanol–water partition coefficient (Wildman–Crippen LogP) is 7.04. The second-order valence-electron chi connectivity index (χ2n) is 11.8. The standard InChI is InChI=1S/C39H36FN3O2/c1-28(2)39(45,37(40)24-23-30(25-34(37)36(41)44)29-15-7-3-8-16-29)35-26-43(27-42-35)38(31-17-9-4-10-18-31,32-19-11-5-12-20-32)33-21-13-6-14-22-33/h3-28,30,45H,1-2H3,(H2,41,44). The molecule has 0 bridgehead atoms. The Hall–Kier alpha value is -5.07. The Morgan fingerprint density at radius 2 is 1.31 bits per heavy atom. The number of halogens is 1. The molecular weight excluding hydrogens is 561 g/mol. The summed E-state index contributed by atoms with van der Waals surface area (Å²) in [6.45, 7) is 3.43. The van der Waals surface area contributed by atoms with Gasteiger partial charge < -0.3 is 15.4 Å². The number of amides is 1. The monoisotopic (exact) mass is 597 g/mol. The highest BCUT2D eigenvalue weighted by Gasteiger charge is 2.59. The number of hydrogen-bond donors (Lipinski definition) is 2. The quantitative estimate of drug-likeness (QED) is 0.141. The van der Waals surface area contributed by atoms with Crippen LogP contribution in [0, 0.1) is 5.92 Å². The lowest BCUT2D eigenvalue weighted by Gasteiger charge is -2.44. The topological polar surface area (TPSA) is 81.1 Å². The summed E-state index contributed by atoms with van der Waals surface area (Å²) in [5.74, 6) is -2.02. The van der Waals surface area contributed by atoms with Crippen molar-refractivity contribution in [2.75, 3.05) is 0 Å². The largest absolute Gasteiger partial charge is 0.379 e. The number of imidazole rings is 1. The number of aliphatic hydroxyl groups is 1. The number of hydrogen-bond acceptors (Lipinski definition) is 3. The van der Waals surface area contributed by atoms with Gasteiger partial charge in [-0.25, -0.2) is 9.37 Å². The maximum absolute atomic E-state index is 17.7. The van der Waals surface area contributed by atoms with Gasteiger partial charge in [-0.2, -0.15) is 0 Å². The first-order valence-corrected chi connectivity index (χ1v) is 15.1. The van der Waals surface area contributed by atoms with Crippen LogP contribution in [0.15, 0.2) is 158 Å². The maximum Gasteiger partial charge on any atom is 0.248 e. The Balaban J connectivity index is 1.56. The van der Waals surface area contributed by atoms with Crippen LogP contribution >= 0.6 is 0 Å². The summed E-state index contributed by atoms with van der Waals surface area (Å²) < 4.78 is 19.6. The molecule has 0 saturated heterocycles. The van der Waals surface area contributed by atoms with Gasteiger partial charge in [0.1, 0.15) is 5.54 Å². The van der Waals surface area contributed by atoms with Crippen molar-refractivity contribution in [3.8, 4) is 0 Å². The molecule has 1 heterocycles. The molecule has 1 amide bonds. The van der Waals surface area contributed by atoms with Gasteiger partial charge in [0.25, 0.3) is 0 Å². The van der Waals surface area contributed by atoms with Gasteiger partial charge in [-0.3, -0.25) is 4.79 Å². The van der Waals surface area contributed by atoms with E-state index in [0.717, 1.165) is 22.3 Å². The number of primary amides is 1. The van der Waals surface area contributed by atoms with Gasteiger partial charge >= 0.3 is 0 Å². The van der Waals surface area contributed by atoms with Gasteiger partial charge in [0.15, 0.2) is 11.3 Å². The summed E-state index contributed by atoms with van der Waals surface area (Å²) in [5, 5.41) is 12.6. The van der Waals surface area contributed by atoms with Crippen LogP contribution < -0.4 is 5.73 Å². The van der Waals surface area contributed by atoms with E-state index in [9.17, 15) is 9.90 Å². The molecule has 1 aliphatic rings. The van der Waals surface area contributed by atoms with Gasteiger partial charge in [0, 0.05) is 12.1 Å². The van der Waals surface area contributed by atoms with Crippen LogP contribution in [0.1, 0.15) is 47.7 Å². The lowest BCUT2D eigenvalue weighted by Crippen LogP contribution is -2.55. The highest BCUT2D eigenvalue weighted by molar-refractivity contribution is 5.95. The number of aromatic nitrogens is 2. The lowest BCUT2D eigenvalue weighted by molar-refractivity contribution is -0.126. The summed E-state index contributed by atoms with van der Waals surface area (Å²) in [5.41, 5.74) is 3.56. The van der Waals surface area contributed by atoms with Gasteiger partial charge in [-0.05, 0) is 34.2 Å². The Labute approximate surface area is 263 Å². The first-order valence-electron chi connectivity index (χ1n) is 15.1. The molecule has 0 fully saturated rings. The SMILES string of the molecule is CC(C)C(O)(c1cn(C(c2ccccc2)(c2ccccc2)c2ccccc2)cn1)C1(F)C=CC(c2ccccc2)C=C1C(N)=O. The number of benzene rings is 4. The van der Waals surface area contributed by atoms with Crippen LogP contribution in [0.4, 0.5) is 4.39 Å². The highest BCUT2D eigenvalue weighted by Crippen LogP contribution is 2.50.